The molecule has 0 atom stereocenters. The zero-order chi connectivity index (χ0) is 14.2. The molecule has 0 radical (unpaired) electrons. The second-order valence-electron chi connectivity index (χ2n) is 4.49. The van der Waals surface area contributed by atoms with Crippen molar-refractivity contribution in [3.63, 3.8) is 0 Å². The Morgan fingerprint density at radius 2 is 2.00 bits per heavy atom. The van der Waals surface area contributed by atoms with Gasteiger partial charge in [0, 0.05) is 18.9 Å². The van der Waals surface area contributed by atoms with Gasteiger partial charge in [-0.25, -0.2) is 0 Å². The zero-order valence-electron chi connectivity index (χ0n) is 11.5. The Balaban J connectivity index is 1.73. The van der Waals surface area contributed by atoms with Crippen molar-refractivity contribution in [2.24, 2.45) is 0 Å². The third-order valence-corrected chi connectivity index (χ3v) is 2.98. The molecule has 0 saturated carbocycles. The molecule has 20 heavy (non-hydrogen) atoms. The van der Waals surface area contributed by atoms with E-state index in [0.717, 1.165) is 17.7 Å². The van der Waals surface area contributed by atoms with E-state index in [4.69, 9.17) is 4.74 Å². The molecule has 0 bridgehead atoms. The largest absolute Gasteiger partial charge is 0.497 e. The Labute approximate surface area is 118 Å². The van der Waals surface area contributed by atoms with Crippen LogP contribution >= 0.6 is 0 Å². The van der Waals surface area contributed by atoms with Gasteiger partial charge in [0.25, 0.3) is 0 Å². The van der Waals surface area contributed by atoms with E-state index in [2.05, 4.69) is 10.3 Å². The zero-order valence-corrected chi connectivity index (χ0v) is 11.5. The number of hydrogen-bond acceptors (Lipinski definition) is 3. The number of pyridine rings is 1. The van der Waals surface area contributed by atoms with Crippen molar-refractivity contribution in [1.29, 1.82) is 0 Å². The number of hydrogen-bond donors (Lipinski definition) is 1. The lowest BCUT2D eigenvalue weighted by molar-refractivity contribution is -0.120. The number of methoxy groups -OCH3 is 1. The van der Waals surface area contributed by atoms with Gasteiger partial charge in [0.1, 0.15) is 5.75 Å². The maximum atomic E-state index is 11.7. The van der Waals surface area contributed by atoms with Gasteiger partial charge < -0.3 is 10.1 Å². The van der Waals surface area contributed by atoms with Gasteiger partial charge in [-0.3, -0.25) is 9.78 Å². The highest BCUT2D eigenvalue weighted by molar-refractivity contribution is 5.78. The van der Waals surface area contributed by atoms with Crippen molar-refractivity contribution < 1.29 is 9.53 Å². The standard InChI is InChI=1S/C16H18N2O2/c1-20-15-6-4-13(5-7-15)8-10-18-16(19)11-14-3-2-9-17-12-14/h2-7,9,12H,8,10-11H2,1H3,(H,18,19). The van der Waals surface area contributed by atoms with Gasteiger partial charge in [-0.15, -0.1) is 0 Å². The Bertz CT molecular complexity index is 538. The lowest BCUT2D eigenvalue weighted by atomic mass is 10.1. The number of nitrogens with zero attached hydrogens (tertiary/aromatic N) is 1. The van der Waals surface area contributed by atoms with Crippen LogP contribution in [0.3, 0.4) is 0 Å². The van der Waals surface area contributed by atoms with Gasteiger partial charge >= 0.3 is 0 Å². The summed E-state index contributed by atoms with van der Waals surface area (Å²) in [5.41, 5.74) is 2.10. The fourth-order valence-corrected chi connectivity index (χ4v) is 1.89. The number of benzene rings is 1. The molecular formula is C16H18N2O2. The van der Waals surface area contributed by atoms with Gasteiger partial charge in [-0.2, -0.15) is 0 Å². The Hall–Kier alpha value is -2.36. The molecule has 1 aromatic carbocycles. The monoisotopic (exact) mass is 270 g/mol. The summed E-state index contributed by atoms with van der Waals surface area (Å²) in [4.78, 5) is 15.7. The quantitative estimate of drug-likeness (QED) is 0.873. The maximum Gasteiger partial charge on any atom is 0.224 e. The predicted molar refractivity (Wildman–Crippen MR) is 77.6 cm³/mol. The normalized spacial score (nSPS) is 10.1. The molecule has 0 fully saturated rings. The molecule has 0 saturated heterocycles. The molecule has 4 nitrogen and oxygen atoms in total. The fraction of sp³-hybridized carbons (Fsp3) is 0.250. The van der Waals surface area contributed by atoms with E-state index >= 15 is 0 Å². The third kappa shape index (κ3) is 4.39. The first-order chi connectivity index (χ1) is 9.78. The minimum atomic E-state index is 0.0199. The van der Waals surface area contributed by atoms with E-state index in [9.17, 15) is 4.79 Å². The summed E-state index contributed by atoms with van der Waals surface area (Å²) in [5.74, 6) is 0.862. The molecule has 1 N–H and O–H groups in total. The van der Waals surface area contributed by atoms with Crippen molar-refractivity contribution >= 4 is 5.91 Å². The van der Waals surface area contributed by atoms with Crippen LogP contribution in [0.25, 0.3) is 0 Å². The van der Waals surface area contributed by atoms with E-state index in [-0.39, 0.29) is 5.91 Å². The first kappa shape index (κ1) is 14.1. The third-order valence-electron chi connectivity index (χ3n) is 2.98. The fourth-order valence-electron chi connectivity index (χ4n) is 1.89. The first-order valence-corrected chi connectivity index (χ1v) is 6.56. The molecule has 0 spiro atoms. The van der Waals surface area contributed by atoms with Crippen LogP contribution in [-0.4, -0.2) is 24.5 Å². The van der Waals surface area contributed by atoms with Crippen LogP contribution in [0.2, 0.25) is 0 Å². The molecule has 1 heterocycles. The maximum absolute atomic E-state index is 11.7. The van der Waals surface area contributed by atoms with Crippen LogP contribution in [0.4, 0.5) is 0 Å². The van der Waals surface area contributed by atoms with Crippen LogP contribution in [-0.2, 0) is 17.6 Å². The van der Waals surface area contributed by atoms with Crippen LogP contribution in [0.1, 0.15) is 11.1 Å². The highest BCUT2D eigenvalue weighted by atomic mass is 16.5. The molecule has 1 amide bonds. The van der Waals surface area contributed by atoms with Crippen LogP contribution < -0.4 is 10.1 Å². The van der Waals surface area contributed by atoms with Gasteiger partial charge in [0.15, 0.2) is 0 Å². The Kier molecular flexibility index (Phi) is 5.12. The topological polar surface area (TPSA) is 51.2 Å². The second-order valence-corrected chi connectivity index (χ2v) is 4.49. The lowest BCUT2D eigenvalue weighted by Gasteiger charge is -2.06. The SMILES string of the molecule is COc1ccc(CCNC(=O)Cc2cccnc2)cc1. The average Bonchev–Trinajstić information content (AvgIpc) is 2.49. The number of carbonyl (C=O) groups excluding carboxylic acids is 1. The van der Waals surface area contributed by atoms with E-state index in [0.29, 0.717) is 13.0 Å². The smallest absolute Gasteiger partial charge is 0.224 e. The number of nitrogens with one attached hydrogen (secondary N) is 1. The number of amides is 1. The highest BCUT2D eigenvalue weighted by Crippen LogP contribution is 2.11. The molecule has 4 heteroatoms. The molecule has 104 valence electrons. The number of ether oxygens (including phenoxy) is 1. The molecule has 2 aromatic rings. The highest BCUT2D eigenvalue weighted by Gasteiger charge is 2.02. The van der Waals surface area contributed by atoms with Crippen molar-refractivity contribution in [2.75, 3.05) is 13.7 Å². The van der Waals surface area contributed by atoms with Crippen LogP contribution in [0, 0.1) is 0 Å². The summed E-state index contributed by atoms with van der Waals surface area (Å²) in [6.07, 6.45) is 4.59. The van der Waals surface area contributed by atoms with E-state index in [1.807, 2.05) is 36.4 Å². The summed E-state index contributed by atoms with van der Waals surface area (Å²) in [6.45, 7) is 0.630. The van der Waals surface area contributed by atoms with E-state index in [1.165, 1.54) is 5.56 Å². The Morgan fingerprint density at radius 1 is 1.20 bits per heavy atom. The van der Waals surface area contributed by atoms with Gasteiger partial charge in [-0.1, -0.05) is 18.2 Å². The number of rotatable bonds is 6. The summed E-state index contributed by atoms with van der Waals surface area (Å²) < 4.78 is 5.10. The molecule has 2 rings (SSSR count). The van der Waals surface area contributed by atoms with Gasteiger partial charge in [0.05, 0.1) is 13.5 Å². The predicted octanol–water partition coefficient (Wildman–Crippen LogP) is 1.99. The summed E-state index contributed by atoms with van der Waals surface area (Å²) in [6, 6.07) is 11.6. The molecule has 1 aromatic heterocycles. The first-order valence-electron chi connectivity index (χ1n) is 6.56. The van der Waals surface area contributed by atoms with Crippen molar-refractivity contribution in [2.45, 2.75) is 12.8 Å². The molecule has 0 aliphatic heterocycles. The summed E-state index contributed by atoms with van der Waals surface area (Å²) >= 11 is 0. The summed E-state index contributed by atoms with van der Waals surface area (Å²) in [5, 5.41) is 2.91. The number of carbonyl (C=O) groups is 1. The molecular weight excluding hydrogens is 252 g/mol. The van der Waals surface area contributed by atoms with Crippen molar-refractivity contribution in [3.05, 3.63) is 59.9 Å². The number of aromatic nitrogens is 1. The Morgan fingerprint density at radius 3 is 2.65 bits per heavy atom. The van der Waals surface area contributed by atoms with Gasteiger partial charge in [-0.05, 0) is 35.7 Å². The molecule has 0 aliphatic carbocycles. The van der Waals surface area contributed by atoms with Gasteiger partial charge in [0.2, 0.25) is 5.91 Å². The minimum absolute atomic E-state index is 0.0199. The lowest BCUT2D eigenvalue weighted by Crippen LogP contribution is -2.27. The van der Waals surface area contributed by atoms with Crippen LogP contribution in [0.15, 0.2) is 48.8 Å². The summed E-state index contributed by atoms with van der Waals surface area (Å²) in [7, 11) is 1.65. The molecule has 0 aliphatic rings. The second kappa shape index (κ2) is 7.28. The average molecular weight is 270 g/mol. The van der Waals surface area contributed by atoms with Crippen molar-refractivity contribution in [1.82, 2.24) is 10.3 Å². The van der Waals surface area contributed by atoms with Crippen LogP contribution in [0.5, 0.6) is 5.75 Å². The molecule has 0 unspecified atom stereocenters. The van der Waals surface area contributed by atoms with Crippen molar-refractivity contribution in [3.8, 4) is 5.75 Å². The van der Waals surface area contributed by atoms with E-state index in [1.54, 1.807) is 19.5 Å². The van der Waals surface area contributed by atoms with E-state index < -0.39 is 0 Å². The minimum Gasteiger partial charge on any atom is -0.497 e.